The van der Waals surface area contributed by atoms with E-state index in [2.05, 4.69) is 141 Å². The summed E-state index contributed by atoms with van der Waals surface area (Å²) >= 11 is 0. The summed E-state index contributed by atoms with van der Waals surface area (Å²) in [5.74, 6) is -0.279. The maximum atomic E-state index is 13.2. The van der Waals surface area contributed by atoms with Gasteiger partial charge in [-0.2, -0.15) is 0 Å². The molecule has 0 aromatic carbocycles. The van der Waals surface area contributed by atoms with E-state index in [1.54, 1.807) is 6.08 Å². The molecule has 0 bridgehead atoms. The number of allylic oxidation sites excluding steroid dienone is 21. The second-order valence-electron chi connectivity index (χ2n) is 19.3. The van der Waals surface area contributed by atoms with Gasteiger partial charge < -0.3 is 65.1 Å². The fraction of sp³-hybridized carbons (Fsp3) is 0.629. The van der Waals surface area contributed by atoms with Gasteiger partial charge in [0.25, 0.3) is 0 Å². The number of amides is 1. The first kappa shape index (κ1) is 68.2. The molecule has 0 aliphatic carbocycles. The summed E-state index contributed by atoms with van der Waals surface area (Å²) < 4.78 is 22.6. The summed E-state index contributed by atoms with van der Waals surface area (Å²) in [6, 6.07) is -0.950. The fourth-order valence-corrected chi connectivity index (χ4v) is 8.24. The molecule has 0 aromatic heterocycles. The van der Waals surface area contributed by atoms with Gasteiger partial charge >= 0.3 is 0 Å². The Morgan fingerprint density at radius 1 is 0.487 bits per heavy atom. The average molecular weight is 1070 g/mol. The molecule has 2 rings (SSSR count). The molecule has 1 amide bonds. The van der Waals surface area contributed by atoms with E-state index in [1.165, 1.54) is 6.42 Å². The van der Waals surface area contributed by atoms with Gasteiger partial charge in [0.2, 0.25) is 5.91 Å². The molecule has 12 atom stereocenters. The van der Waals surface area contributed by atoms with Gasteiger partial charge in [-0.05, 0) is 103 Å². The summed E-state index contributed by atoms with van der Waals surface area (Å²) in [6.45, 7) is 2.55. The molecule has 0 spiro atoms. The van der Waals surface area contributed by atoms with Crippen molar-refractivity contribution in [3.63, 3.8) is 0 Å². The van der Waals surface area contributed by atoms with Crippen molar-refractivity contribution < 1.29 is 64.6 Å². The van der Waals surface area contributed by atoms with Gasteiger partial charge in [0, 0.05) is 6.42 Å². The lowest BCUT2D eigenvalue weighted by Gasteiger charge is -2.46. The summed E-state index contributed by atoms with van der Waals surface area (Å²) in [5.41, 5.74) is 0. The van der Waals surface area contributed by atoms with Gasteiger partial charge in [-0.3, -0.25) is 4.79 Å². The highest BCUT2D eigenvalue weighted by molar-refractivity contribution is 5.76. The molecule has 2 fully saturated rings. The number of rotatable bonds is 42. The van der Waals surface area contributed by atoms with Crippen molar-refractivity contribution in [3.05, 3.63) is 134 Å². The average Bonchev–Trinajstić information content (AvgIpc) is 3.42. The molecule has 0 aromatic rings. The van der Waals surface area contributed by atoms with Crippen LogP contribution in [0, 0.1) is 0 Å². The fourth-order valence-electron chi connectivity index (χ4n) is 8.24. The number of nitrogens with one attached hydrogen (secondary N) is 1. The summed E-state index contributed by atoms with van der Waals surface area (Å²) in [4.78, 5) is 13.2. The molecule has 14 nitrogen and oxygen atoms in total. The third kappa shape index (κ3) is 31.5. The molecule has 2 aliphatic heterocycles. The zero-order valence-electron chi connectivity index (χ0n) is 45.9. The molecule has 0 saturated carbocycles. The Labute approximate surface area is 456 Å². The van der Waals surface area contributed by atoms with Gasteiger partial charge in [-0.15, -0.1) is 0 Å². The van der Waals surface area contributed by atoms with Crippen molar-refractivity contribution in [2.75, 3.05) is 19.8 Å². The number of hydrogen-bond donors (Lipinski definition) is 9. The molecule has 0 radical (unpaired) electrons. The first-order valence-corrected chi connectivity index (χ1v) is 28.4. The van der Waals surface area contributed by atoms with E-state index in [4.69, 9.17) is 18.9 Å². The van der Waals surface area contributed by atoms with Crippen molar-refractivity contribution in [2.45, 2.75) is 229 Å². The van der Waals surface area contributed by atoms with Gasteiger partial charge in [0.05, 0.1) is 32.0 Å². The van der Waals surface area contributed by atoms with E-state index < -0.39 is 86.8 Å². The first-order valence-electron chi connectivity index (χ1n) is 28.4. The Morgan fingerprint density at radius 2 is 0.921 bits per heavy atom. The molecular weight excluding hydrogens is 967 g/mol. The van der Waals surface area contributed by atoms with Crippen LogP contribution in [0.1, 0.15) is 155 Å². The summed E-state index contributed by atoms with van der Waals surface area (Å²) in [6.07, 6.45) is 50.9. The van der Waals surface area contributed by atoms with Gasteiger partial charge in [0.15, 0.2) is 12.6 Å². The number of aliphatic hydroxyl groups is 8. The maximum Gasteiger partial charge on any atom is 0.220 e. The highest BCUT2D eigenvalue weighted by Gasteiger charge is 2.51. The van der Waals surface area contributed by atoms with Crippen molar-refractivity contribution in [3.8, 4) is 0 Å². The summed E-state index contributed by atoms with van der Waals surface area (Å²) in [7, 11) is 0. The highest BCUT2D eigenvalue weighted by Crippen LogP contribution is 2.30. The zero-order valence-corrected chi connectivity index (χ0v) is 45.9. The SMILES string of the molecule is CC/C=C\C/C=C\C/C=C\C/C=C\C/C=C\C/C=C\C/C=C\C/C=C\C/C=C\CCCCCCCC(=O)NC(COC1OC(CO)C(OC2OC(CO)C(O)C(O)C2O)C(O)C1O)C(O)/C=C/CC/C=C/CCCCC. The minimum Gasteiger partial charge on any atom is -0.394 e. The first-order chi connectivity index (χ1) is 37.1. The van der Waals surface area contributed by atoms with Gasteiger partial charge in [0.1, 0.15) is 48.8 Å². The molecule has 76 heavy (non-hydrogen) atoms. The number of carbonyl (C=O) groups excluding carboxylic acids is 1. The number of hydrogen-bond acceptors (Lipinski definition) is 13. The van der Waals surface area contributed by atoms with Crippen LogP contribution in [0.3, 0.4) is 0 Å². The maximum absolute atomic E-state index is 13.2. The lowest BCUT2D eigenvalue weighted by Crippen LogP contribution is -2.65. The van der Waals surface area contributed by atoms with Crippen molar-refractivity contribution >= 4 is 5.91 Å². The van der Waals surface area contributed by atoms with Crippen molar-refractivity contribution in [1.82, 2.24) is 5.32 Å². The molecule has 2 heterocycles. The Bertz CT molecular complexity index is 1780. The number of carbonyl (C=O) groups is 1. The zero-order chi connectivity index (χ0) is 55.3. The van der Waals surface area contributed by atoms with Gasteiger partial charge in [-0.1, -0.05) is 180 Å². The van der Waals surface area contributed by atoms with Crippen LogP contribution < -0.4 is 5.32 Å². The largest absolute Gasteiger partial charge is 0.394 e. The number of unbranched alkanes of at least 4 members (excludes halogenated alkanes) is 9. The third-order valence-electron chi connectivity index (χ3n) is 12.8. The lowest BCUT2D eigenvalue weighted by molar-refractivity contribution is -0.359. The Kier molecular flexibility index (Phi) is 41.4. The minimum atomic E-state index is -1.80. The predicted octanol–water partition coefficient (Wildman–Crippen LogP) is 9.21. The molecular formula is C62H99NO13. The molecule has 12 unspecified atom stereocenters. The van der Waals surface area contributed by atoms with Crippen molar-refractivity contribution in [2.24, 2.45) is 0 Å². The molecule has 2 saturated heterocycles. The summed E-state index contributed by atoms with van der Waals surface area (Å²) in [5, 5.41) is 86.6. The molecule has 9 N–H and O–H groups in total. The normalized spacial score (nSPS) is 25.9. The van der Waals surface area contributed by atoms with E-state index in [-0.39, 0.29) is 18.9 Å². The Balaban J connectivity index is 1.69. The van der Waals surface area contributed by atoms with E-state index in [1.807, 2.05) is 6.08 Å². The predicted molar refractivity (Wildman–Crippen MR) is 304 cm³/mol. The van der Waals surface area contributed by atoms with Crippen LogP contribution in [0.15, 0.2) is 134 Å². The van der Waals surface area contributed by atoms with Crippen LogP contribution in [0.25, 0.3) is 0 Å². The van der Waals surface area contributed by atoms with E-state index in [0.29, 0.717) is 12.8 Å². The van der Waals surface area contributed by atoms with E-state index in [9.17, 15) is 45.6 Å². The monoisotopic (exact) mass is 1070 g/mol. The minimum absolute atomic E-state index is 0.241. The molecule has 430 valence electrons. The topological polar surface area (TPSA) is 228 Å². The standard InChI is InChI=1S/C62H99NO13/c1-3-5-7-9-11-13-14-15-16-17-18-19-20-21-22-23-24-25-26-27-28-29-30-31-32-33-34-35-36-38-40-42-44-46-54(67)63-50(51(66)45-43-41-39-37-12-10-8-6-4-2)49-73-61-59(72)57(70)60(53(48-65)75-61)76-62-58(71)56(69)55(68)52(47-64)74-62/h5,7,11-13,15-16,18-19,21-22,24-25,27-28,30-31,33-34,37,43,45,50-53,55-62,64-66,68-72H,3-4,6,8-10,14,17,20,23,26,29,32,35-36,38-42,44,46-49H2,1-2H3,(H,63,67)/b7-5-,13-11-,16-15-,19-18-,22-21-,25-24-,28-27-,31-30-,34-33-,37-12+,45-43+. The lowest BCUT2D eigenvalue weighted by atomic mass is 9.97. The third-order valence-corrected chi connectivity index (χ3v) is 12.8. The van der Waals surface area contributed by atoms with Crippen LogP contribution in [0.4, 0.5) is 0 Å². The van der Waals surface area contributed by atoms with E-state index in [0.717, 1.165) is 116 Å². The van der Waals surface area contributed by atoms with Crippen molar-refractivity contribution in [1.29, 1.82) is 0 Å². The highest BCUT2D eigenvalue weighted by atomic mass is 16.7. The quantitative estimate of drug-likeness (QED) is 0.0206. The Morgan fingerprint density at radius 3 is 1.45 bits per heavy atom. The molecule has 2 aliphatic rings. The Hall–Kier alpha value is -3.87. The smallest absolute Gasteiger partial charge is 0.220 e. The van der Waals surface area contributed by atoms with Crippen LogP contribution >= 0.6 is 0 Å². The van der Waals surface area contributed by atoms with Gasteiger partial charge in [-0.25, -0.2) is 0 Å². The second kappa shape index (κ2) is 46.1. The van der Waals surface area contributed by atoms with Crippen LogP contribution in [0.5, 0.6) is 0 Å². The van der Waals surface area contributed by atoms with Crippen LogP contribution in [0.2, 0.25) is 0 Å². The van der Waals surface area contributed by atoms with Crippen LogP contribution in [-0.4, -0.2) is 140 Å². The van der Waals surface area contributed by atoms with Crippen LogP contribution in [-0.2, 0) is 23.7 Å². The number of ether oxygens (including phenoxy) is 4. The van der Waals surface area contributed by atoms with E-state index >= 15 is 0 Å². The number of aliphatic hydroxyl groups excluding tert-OH is 8. The second-order valence-corrected chi connectivity index (χ2v) is 19.3. The molecule has 14 heteroatoms.